The van der Waals surface area contributed by atoms with E-state index < -0.39 is 0 Å². The fraction of sp³-hybridized carbons (Fsp3) is 0.417. The largest absolute Gasteiger partial charge is 0.378 e. The zero-order chi connectivity index (χ0) is 11.8. The lowest BCUT2D eigenvalue weighted by Crippen LogP contribution is -2.23. The number of nitrogens with one attached hydrogen (secondary N) is 1. The van der Waals surface area contributed by atoms with E-state index in [1.807, 2.05) is 17.6 Å². The molecule has 3 rings (SSSR count). The summed E-state index contributed by atoms with van der Waals surface area (Å²) in [4.78, 5) is 6.72. The number of rotatable bonds is 2. The van der Waals surface area contributed by atoms with Crippen molar-refractivity contribution in [3.05, 3.63) is 22.7 Å². The van der Waals surface area contributed by atoms with Crippen LogP contribution >= 0.6 is 22.9 Å². The van der Waals surface area contributed by atoms with Crippen molar-refractivity contribution in [2.45, 2.75) is 12.5 Å². The van der Waals surface area contributed by atoms with Gasteiger partial charge >= 0.3 is 0 Å². The molecule has 1 unspecified atom stereocenters. The number of anilines is 1. The second kappa shape index (κ2) is 4.44. The SMILES string of the molecule is CN1CCC(Nc2c(Cl)ccc3scnc23)C1. The normalized spacial score (nSPS) is 21.2. The Morgan fingerprint density at radius 2 is 2.41 bits per heavy atom. The first kappa shape index (κ1) is 11.3. The molecule has 0 amide bonds. The highest BCUT2D eigenvalue weighted by Crippen LogP contribution is 2.33. The molecule has 1 saturated heterocycles. The monoisotopic (exact) mass is 267 g/mol. The molecule has 1 N–H and O–H groups in total. The summed E-state index contributed by atoms with van der Waals surface area (Å²) >= 11 is 7.91. The Balaban J connectivity index is 1.93. The van der Waals surface area contributed by atoms with E-state index in [1.54, 1.807) is 11.3 Å². The van der Waals surface area contributed by atoms with Crippen molar-refractivity contribution in [2.24, 2.45) is 0 Å². The summed E-state index contributed by atoms with van der Waals surface area (Å²) in [6.07, 6.45) is 1.16. The Kier molecular flexibility index (Phi) is 2.94. The molecule has 0 aliphatic carbocycles. The Morgan fingerprint density at radius 1 is 1.53 bits per heavy atom. The first-order chi connectivity index (χ1) is 8.24. The lowest BCUT2D eigenvalue weighted by Gasteiger charge is -2.15. The van der Waals surface area contributed by atoms with Gasteiger partial charge in [-0.1, -0.05) is 11.6 Å². The maximum atomic E-state index is 6.26. The van der Waals surface area contributed by atoms with Crippen molar-refractivity contribution in [1.29, 1.82) is 0 Å². The van der Waals surface area contributed by atoms with E-state index in [9.17, 15) is 0 Å². The molecule has 90 valence electrons. The van der Waals surface area contributed by atoms with Crippen LogP contribution in [0.1, 0.15) is 6.42 Å². The van der Waals surface area contributed by atoms with Gasteiger partial charge in [-0.2, -0.15) is 0 Å². The van der Waals surface area contributed by atoms with Crippen molar-refractivity contribution in [1.82, 2.24) is 9.88 Å². The van der Waals surface area contributed by atoms with E-state index in [0.717, 1.165) is 35.7 Å². The molecule has 1 aliphatic rings. The van der Waals surface area contributed by atoms with Crippen molar-refractivity contribution in [3.63, 3.8) is 0 Å². The minimum Gasteiger partial charge on any atom is -0.378 e. The number of benzene rings is 1. The average Bonchev–Trinajstić information content (AvgIpc) is 2.91. The van der Waals surface area contributed by atoms with Gasteiger partial charge in [-0.05, 0) is 32.1 Å². The zero-order valence-electron chi connectivity index (χ0n) is 9.61. The Hall–Kier alpha value is -0.840. The molecule has 1 aromatic carbocycles. The molecule has 2 heterocycles. The van der Waals surface area contributed by atoms with Gasteiger partial charge in [-0.25, -0.2) is 4.98 Å². The number of nitrogens with zero attached hydrogens (tertiary/aromatic N) is 2. The van der Waals surface area contributed by atoms with Gasteiger partial charge in [0, 0.05) is 12.6 Å². The quantitative estimate of drug-likeness (QED) is 0.906. The van der Waals surface area contributed by atoms with Crippen LogP contribution in [0, 0.1) is 0 Å². The molecule has 0 saturated carbocycles. The number of thiazole rings is 1. The third-order valence-corrected chi connectivity index (χ3v) is 4.30. The molecule has 17 heavy (non-hydrogen) atoms. The number of hydrogen-bond donors (Lipinski definition) is 1. The van der Waals surface area contributed by atoms with Crippen molar-refractivity contribution in [2.75, 3.05) is 25.5 Å². The molecule has 2 aromatic rings. The van der Waals surface area contributed by atoms with Crippen LogP contribution in [0.2, 0.25) is 5.02 Å². The Morgan fingerprint density at radius 3 is 3.18 bits per heavy atom. The van der Waals surface area contributed by atoms with Gasteiger partial charge in [-0.3, -0.25) is 0 Å². The van der Waals surface area contributed by atoms with Crippen LogP contribution in [0.15, 0.2) is 17.6 Å². The number of likely N-dealkylation sites (tertiary alicyclic amines) is 1. The average molecular weight is 268 g/mol. The number of aromatic nitrogens is 1. The van der Waals surface area contributed by atoms with E-state index >= 15 is 0 Å². The lowest BCUT2D eigenvalue weighted by atomic mass is 10.2. The third kappa shape index (κ3) is 2.12. The topological polar surface area (TPSA) is 28.2 Å². The zero-order valence-corrected chi connectivity index (χ0v) is 11.2. The molecule has 1 fully saturated rings. The smallest absolute Gasteiger partial charge is 0.106 e. The van der Waals surface area contributed by atoms with Gasteiger partial charge in [-0.15, -0.1) is 11.3 Å². The summed E-state index contributed by atoms with van der Waals surface area (Å²) in [5.74, 6) is 0. The van der Waals surface area contributed by atoms with Crippen LogP contribution in [-0.4, -0.2) is 36.1 Å². The van der Waals surface area contributed by atoms with Gasteiger partial charge in [0.15, 0.2) is 0 Å². The first-order valence-corrected chi connectivity index (χ1v) is 6.96. The standard InChI is InChI=1S/C12H14ClN3S/c1-16-5-4-8(6-16)15-11-9(13)2-3-10-12(11)14-7-17-10/h2-3,7-8,15H,4-6H2,1H3. The van der Waals surface area contributed by atoms with Gasteiger partial charge in [0.1, 0.15) is 5.52 Å². The minimum atomic E-state index is 0.477. The van der Waals surface area contributed by atoms with Crippen LogP contribution in [0.4, 0.5) is 5.69 Å². The minimum absolute atomic E-state index is 0.477. The molecule has 1 atom stereocenters. The summed E-state index contributed by atoms with van der Waals surface area (Å²) in [6.45, 7) is 2.21. The predicted molar refractivity (Wildman–Crippen MR) is 74.2 cm³/mol. The van der Waals surface area contributed by atoms with E-state index in [4.69, 9.17) is 11.6 Å². The van der Waals surface area contributed by atoms with Gasteiger partial charge < -0.3 is 10.2 Å². The molecule has 0 radical (unpaired) electrons. The molecule has 1 aliphatic heterocycles. The molecule has 3 nitrogen and oxygen atoms in total. The number of halogens is 1. The highest BCUT2D eigenvalue weighted by Gasteiger charge is 2.21. The summed E-state index contributed by atoms with van der Waals surface area (Å²) in [6, 6.07) is 4.45. The number of hydrogen-bond acceptors (Lipinski definition) is 4. The van der Waals surface area contributed by atoms with Crippen molar-refractivity contribution < 1.29 is 0 Å². The number of likely N-dealkylation sites (N-methyl/N-ethyl adjacent to an activating group) is 1. The highest BCUT2D eigenvalue weighted by molar-refractivity contribution is 7.16. The van der Waals surface area contributed by atoms with Crippen LogP contribution in [-0.2, 0) is 0 Å². The summed E-state index contributed by atoms with van der Waals surface area (Å²) < 4.78 is 1.18. The van der Waals surface area contributed by atoms with E-state index in [0.29, 0.717) is 6.04 Å². The third-order valence-electron chi connectivity index (χ3n) is 3.19. The first-order valence-electron chi connectivity index (χ1n) is 5.71. The van der Waals surface area contributed by atoms with Crippen LogP contribution in [0.3, 0.4) is 0 Å². The molecule has 1 aromatic heterocycles. The van der Waals surface area contributed by atoms with Crippen molar-refractivity contribution >= 4 is 38.8 Å². The maximum absolute atomic E-state index is 6.26. The predicted octanol–water partition coefficient (Wildman–Crippen LogP) is 3.07. The highest BCUT2D eigenvalue weighted by atomic mass is 35.5. The van der Waals surface area contributed by atoms with Crippen LogP contribution < -0.4 is 5.32 Å². The fourth-order valence-electron chi connectivity index (χ4n) is 2.30. The molecule has 0 spiro atoms. The number of fused-ring (bicyclic) bond motifs is 1. The van der Waals surface area contributed by atoms with E-state index in [-0.39, 0.29) is 0 Å². The van der Waals surface area contributed by atoms with Crippen molar-refractivity contribution in [3.8, 4) is 0 Å². The van der Waals surface area contributed by atoms with Crippen LogP contribution in [0.5, 0.6) is 0 Å². The second-order valence-corrected chi connectivity index (χ2v) is 5.81. The lowest BCUT2D eigenvalue weighted by molar-refractivity contribution is 0.414. The van der Waals surface area contributed by atoms with Gasteiger partial charge in [0.2, 0.25) is 0 Å². The van der Waals surface area contributed by atoms with Gasteiger partial charge in [0.05, 0.1) is 20.9 Å². The maximum Gasteiger partial charge on any atom is 0.106 e. The molecular formula is C12H14ClN3S. The fourth-order valence-corrected chi connectivity index (χ4v) is 3.19. The Bertz CT molecular complexity index is 540. The van der Waals surface area contributed by atoms with Gasteiger partial charge in [0.25, 0.3) is 0 Å². The Labute approximate surface area is 109 Å². The van der Waals surface area contributed by atoms with Crippen LogP contribution in [0.25, 0.3) is 10.2 Å². The van der Waals surface area contributed by atoms with E-state index in [2.05, 4.69) is 22.2 Å². The summed E-state index contributed by atoms with van der Waals surface area (Å²) in [5, 5.41) is 4.30. The molecule has 5 heteroatoms. The summed E-state index contributed by atoms with van der Waals surface area (Å²) in [5.41, 5.74) is 3.86. The second-order valence-electron chi connectivity index (χ2n) is 4.51. The molecule has 0 bridgehead atoms. The molecular weight excluding hydrogens is 254 g/mol. The van der Waals surface area contributed by atoms with E-state index in [1.165, 1.54) is 4.70 Å². The summed E-state index contributed by atoms with van der Waals surface area (Å²) in [7, 11) is 2.15.